The molecule has 1 N–H and O–H groups in total. The first kappa shape index (κ1) is 13.5. The molecule has 0 spiro atoms. The van der Waals surface area contributed by atoms with Gasteiger partial charge < -0.3 is 10.0 Å². The molecule has 17 heavy (non-hydrogen) atoms. The molecule has 3 nitrogen and oxygen atoms in total. The Balaban J connectivity index is 2.69. The van der Waals surface area contributed by atoms with Crippen molar-refractivity contribution in [1.29, 1.82) is 0 Å². The Morgan fingerprint density at radius 2 is 2.18 bits per heavy atom. The Morgan fingerprint density at radius 1 is 1.47 bits per heavy atom. The van der Waals surface area contributed by atoms with Crippen LogP contribution in [0.2, 0.25) is 0 Å². The fourth-order valence-corrected chi connectivity index (χ4v) is 1.68. The van der Waals surface area contributed by atoms with Gasteiger partial charge >= 0.3 is 0 Å². The quantitative estimate of drug-likeness (QED) is 0.757. The van der Waals surface area contributed by atoms with Crippen molar-refractivity contribution in [2.24, 2.45) is 0 Å². The molecule has 1 amide bonds. The average Bonchev–Trinajstić information content (AvgIpc) is 2.32. The van der Waals surface area contributed by atoms with Gasteiger partial charge in [0.15, 0.2) is 0 Å². The summed E-state index contributed by atoms with van der Waals surface area (Å²) in [6.07, 6.45) is 2.05. The van der Waals surface area contributed by atoms with Gasteiger partial charge in [0.2, 0.25) is 5.91 Å². The van der Waals surface area contributed by atoms with E-state index in [1.807, 2.05) is 31.2 Å². The molecule has 0 bridgehead atoms. The molecule has 0 aliphatic heterocycles. The predicted octanol–water partition coefficient (Wildman–Crippen LogP) is 1.54. The topological polar surface area (TPSA) is 40.5 Å². The highest BCUT2D eigenvalue weighted by Crippen LogP contribution is 2.09. The zero-order valence-electron chi connectivity index (χ0n) is 10.2. The third-order valence-corrected chi connectivity index (χ3v) is 2.68. The molecule has 3 heteroatoms. The maximum absolute atomic E-state index is 12.0. The molecule has 1 rings (SSSR count). The summed E-state index contributed by atoms with van der Waals surface area (Å²) in [6, 6.07) is 7.84. The third kappa shape index (κ3) is 4.04. The molecule has 1 aromatic carbocycles. The molecule has 0 fully saturated rings. The van der Waals surface area contributed by atoms with Gasteiger partial charge in [0.25, 0.3) is 0 Å². The van der Waals surface area contributed by atoms with Crippen molar-refractivity contribution in [1.82, 2.24) is 4.90 Å². The first-order valence-corrected chi connectivity index (χ1v) is 5.73. The fraction of sp³-hybridized carbons (Fsp3) is 0.357. The summed E-state index contributed by atoms with van der Waals surface area (Å²) >= 11 is 0. The second-order valence-electron chi connectivity index (χ2n) is 3.96. The SMILES string of the molecule is C=CCN(CCO)C(=O)Cc1ccccc1C. The monoisotopic (exact) mass is 233 g/mol. The van der Waals surface area contributed by atoms with Crippen molar-refractivity contribution in [2.75, 3.05) is 19.7 Å². The van der Waals surface area contributed by atoms with Gasteiger partial charge in [-0.1, -0.05) is 30.3 Å². The smallest absolute Gasteiger partial charge is 0.227 e. The van der Waals surface area contributed by atoms with Gasteiger partial charge in [-0.15, -0.1) is 6.58 Å². The van der Waals surface area contributed by atoms with Gasteiger partial charge in [0, 0.05) is 13.1 Å². The Hall–Kier alpha value is -1.61. The number of hydrogen-bond acceptors (Lipinski definition) is 2. The van der Waals surface area contributed by atoms with Crippen LogP contribution in [0, 0.1) is 6.92 Å². The second-order valence-corrected chi connectivity index (χ2v) is 3.96. The van der Waals surface area contributed by atoms with E-state index < -0.39 is 0 Å². The van der Waals surface area contributed by atoms with Crippen LogP contribution < -0.4 is 0 Å². The second kappa shape index (κ2) is 6.86. The molecule has 0 saturated heterocycles. The van der Waals surface area contributed by atoms with Crippen LogP contribution in [0.3, 0.4) is 0 Å². The van der Waals surface area contributed by atoms with Gasteiger partial charge in [0.05, 0.1) is 13.0 Å². The average molecular weight is 233 g/mol. The number of carbonyl (C=O) groups excluding carboxylic acids is 1. The summed E-state index contributed by atoms with van der Waals surface area (Å²) in [5, 5.41) is 8.90. The number of amides is 1. The molecule has 0 radical (unpaired) electrons. The van der Waals surface area contributed by atoms with Crippen LogP contribution in [0.1, 0.15) is 11.1 Å². The molecule has 0 aliphatic rings. The van der Waals surface area contributed by atoms with Gasteiger partial charge in [-0.2, -0.15) is 0 Å². The van der Waals surface area contributed by atoms with E-state index in [1.54, 1.807) is 11.0 Å². The molecule has 92 valence electrons. The van der Waals surface area contributed by atoms with Gasteiger partial charge in [-0.3, -0.25) is 4.79 Å². The van der Waals surface area contributed by atoms with E-state index in [1.165, 1.54) is 0 Å². The van der Waals surface area contributed by atoms with E-state index >= 15 is 0 Å². The van der Waals surface area contributed by atoms with Crippen LogP contribution >= 0.6 is 0 Å². The van der Waals surface area contributed by atoms with E-state index in [0.717, 1.165) is 11.1 Å². The van der Waals surface area contributed by atoms with Crippen LogP contribution in [0.4, 0.5) is 0 Å². The Labute approximate surface area is 102 Å². The first-order chi connectivity index (χ1) is 8.19. The number of benzene rings is 1. The van der Waals surface area contributed by atoms with Crippen LogP contribution in [0.5, 0.6) is 0 Å². The highest BCUT2D eigenvalue weighted by atomic mass is 16.3. The largest absolute Gasteiger partial charge is 0.395 e. The van der Waals surface area contributed by atoms with E-state index in [9.17, 15) is 4.79 Å². The number of nitrogens with zero attached hydrogens (tertiary/aromatic N) is 1. The predicted molar refractivity (Wildman–Crippen MR) is 68.7 cm³/mol. The standard InChI is InChI=1S/C14H19NO2/c1-3-8-15(9-10-16)14(17)11-13-7-5-4-6-12(13)2/h3-7,16H,1,8-11H2,2H3. The van der Waals surface area contributed by atoms with Crippen LogP contribution in [0.25, 0.3) is 0 Å². The fourth-order valence-electron chi connectivity index (χ4n) is 1.68. The van der Waals surface area contributed by atoms with Crippen molar-refractivity contribution in [3.63, 3.8) is 0 Å². The number of aliphatic hydroxyl groups excluding tert-OH is 1. The van der Waals surface area contributed by atoms with Gasteiger partial charge in [0.1, 0.15) is 0 Å². The molecule has 0 aliphatic carbocycles. The Kier molecular flexibility index (Phi) is 5.43. The molecule has 0 heterocycles. The molecule has 0 atom stereocenters. The molecule has 0 aromatic heterocycles. The lowest BCUT2D eigenvalue weighted by atomic mass is 10.1. The summed E-state index contributed by atoms with van der Waals surface area (Å²) in [5.74, 6) is 0.0215. The highest BCUT2D eigenvalue weighted by Gasteiger charge is 2.12. The minimum Gasteiger partial charge on any atom is -0.395 e. The van der Waals surface area contributed by atoms with Gasteiger partial charge in [-0.05, 0) is 18.1 Å². The maximum atomic E-state index is 12.0. The normalized spacial score (nSPS) is 10.0. The number of hydrogen-bond donors (Lipinski definition) is 1. The minimum absolute atomic E-state index is 0.0205. The Bertz CT molecular complexity index is 388. The number of aryl methyl sites for hydroxylation is 1. The minimum atomic E-state index is -0.0205. The maximum Gasteiger partial charge on any atom is 0.227 e. The van der Waals surface area contributed by atoms with E-state index in [-0.39, 0.29) is 12.5 Å². The zero-order valence-corrected chi connectivity index (χ0v) is 10.2. The van der Waals surface area contributed by atoms with Crippen molar-refractivity contribution in [2.45, 2.75) is 13.3 Å². The summed E-state index contributed by atoms with van der Waals surface area (Å²) in [7, 11) is 0. The van der Waals surface area contributed by atoms with Crippen LogP contribution in [-0.2, 0) is 11.2 Å². The number of rotatable bonds is 6. The lowest BCUT2D eigenvalue weighted by Crippen LogP contribution is -2.34. The van der Waals surface area contributed by atoms with E-state index in [4.69, 9.17) is 5.11 Å². The molecular weight excluding hydrogens is 214 g/mol. The van der Waals surface area contributed by atoms with Crippen molar-refractivity contribution in [3.05, 3.63) is 48.0 Å². The lowest BCUT2D eigenvalue weighted by molar-refractivity contribution is -0.130. The summed E-state index contributed by atoms with van der Waals surface area (Å²) < 4.78 is 0. The molecule has 1 aromatic rings. The summed E-state index contributed by atoms with van der Waals surface area (Å²) in [5.41, 5.74) is 2.15. The lowest BCUT2D eigenvalue weighted by Gasteiger charge is -2.20. The van der Waals surface area contributed by atoms with Crippen molar-refractivity contribution < 1.29 is 9.90 Å². The molecular formula is C14H19NO2. The zero-order chi connectivity index (χ0) is 12.7. The molecule has 0 saturated carbocycles. The first-order valence-electron chi connectivity index (χ1n) is 5.73. The third-order valence-electron chi connectivity index (χ3n) is 2.68. The van der Waals surface area contributed by atoms with Crippen LogP contribution in [0.15, 0.2) is 36.9 Å². The number of carbonyl (C=O) groups is 1. The molecule has 0 unspecified atom stereocenters. The van der Waals surface area contributed by atoms with E-state index in [0.29, 0.717) is 19.5 Å². The number of aliphatic hydroxyl groups is 1. The van der Waals surface area contributed by atoms with Crippen molar-refractivity contribution in [3.8, 4) is 0 Å². The van der Waals surface area contributed by atoms with Crippen molar-refractivity contribution >= 4 is 5.91 Å². The van der Waals surface area contributed by atoms with E-state index in [2.05, 4.69) is 6.58 Å². The van der Waals surface area contributed by atoms with Gasteiger partial charge in [-0.25, -0.2) is 0 Å². The highest BCUT2D eigenvalue weighted by molar-refractivity contribution is 5.79. The summed E-state index contributed by atoms with van der Waals surface area (Å²) in [4.78, 5) is 13.6. The van der Waals surface area contributed by atoms with Crippen LogP contribution in [-0.4, -0.2) is 35.6 Å². The summed E-state index contributed by atoms with van der Waals surface area (Å²) in [6.45, 7) is 6.42. The Morgan fingerprint density at radius 3 is 2.76 bits per heavy atom.